The number of ether oxygens (including phenoxy) is 1. The molecule has 0 aliphatic heterocycles. The standard InChI is InChI=1S/C24H21N3O2S/c1-18-9-8-14-21(15-18)29-16-23-25-26-24(27(23)20-12-6-3-7-13-20)30-17-22(28)19-10-4-2-5-11-19/h2-15H,16-17H2,1H3. The summed E-state index contributed by atoms with van der Waals surface area (Å²) in [5, 5.41) is 9.33. The van der Waals surface area contributed by atoms with Crippen molar-refractivity contribution in [3.63, 3.8) is 0 Å². The largest absolute Gasteiger partial charge is 0.486 e. The number of para-hydroxylation sites is 1. The maximum Gasteiger partial charge on any atom is 0.196 e. The molecule has 0 saturated carbocycles. The number of carbonyl (C=O) groups excluding carboxylic acids is 1. The number of ketones is 1. The average Bonchev–Trinajstić information content (AvgIpc) is 3.20. The number of aromatic nitrogens is 3. The second-order valence-electron chi connectivity index (χ2n) is 6.75. The molecular weight excluding hydrogens is 394 g/mol. The number of aryl methyl sites for hydroxylation is 1. The first-order valence-corrected chi connectivity index (χ1v) is 10.6. The van der Waals surface area contributed by atoms with Gasteiger partial charge < -0.3 is 4.74 Å². The Balaban J connectivity index is 1.55. The molecule has 30 heavy (non-hydrogen) atoms. The van der Waals surface area contributed by atoms with Crippen molar-refractivity contribution in [3.8, 4) is 11.4 Å². The molecule has 4 rings (SSSR count). The lowest BCUT2D eigenvalue weighted by Gasteiger charge is -2.11. The summed E-state index contributed by atoms with van der Waals surface area (Å²) in [6.07, 6.45) is 0. The lowest BCUT2D eigenvalue weighted by molar-refractivity contribution is 0.102. The van der Waals surface area contributed by atoms with Crippen LogP contribution in [-0.4, -0.2) is 26.3 Å². The van der Waals surface area contributed by atoms with Gasteiger partial charge >= 0.3 is 0 Å². The Morgan fingerprint density at radius 3 is 2.40 bits per heavy atom. The van der Waals surface area contributed by atoms with Gasteiger partial charge in [0.2, 0.25) is 0 Å². The van der Waals surface area contributed by atoms with Crippen molar-refractivity contribution in [2.24, 2.45) is 0 Å². The zero-order valence-corrected chi connectivity index (χ0v) is 17.4. The molecule has 0 radical (unpaired) electrons. The number of Topliss-reactive ketones (excluding diaryl/α,β-unsaturated/α-hetero) is 1. The van der Waals surface area contributed by atoms with Crippen LogP contribution < -0.4 is 4.74 Å². The molecular formula is C24H21N3O2S. The number of hydrogen-bond acceptors (Lipinski definition) is 5. The second-order valence-corrected chi connectivity index (χ2v) is 7.70. The normalized spacial score (nSPS) is 10.7. The van der Waals surface area contributed by atoms with Gasteiger partial charge in [0.1, 0.15) is 12.4 Å². The van der Waals surface area contributed by atoms with Gasteiger partial charge in [-0.05, 0) is 36.8 Å². The van der Waals surface area contributed by atoms with Crippen molar-refractivity contribution in [2.75, 3.05) is 5.75 Å². The van der Waals surface area contributed by atoms with E-state index in [0.717, 1.165) is 17.0 Å². The molecule has 1 aromatic heterocycles. The van der Waals surface area contributed by atoms with Gasteiger partial charge in [-0.2, -0.15) is 0 Å². The minimum Gasteiger partial charge on any atom is -0.486 e. The molecule has 0 N–H and O–H groups in total. The molecule has 0 unspecified atom stereocenters. The van der Waals surface area contributed by atoms with Gasteiger partial charge in [0, 0.05) is 11.3 Å². The predicted octanol–water partition coefficient (Wildman–Crippen LogP) is 5.13. The highest BCUT2D eigenvalue weighted by atomic mass is 32.2. The first kappa shape index (κ1) is 19.9. The second kappa shape index (κ2) is 9.41. The first-order valence-electron chi connectivity index (χ1n) is 9.61. The van der Waals surface area contributed by atoms with Crippen LogP contribution in [-0.2, 0) is 6.61 Å². The van der Waals surface area contributed by atoms with Gasteiger partial charge in [-0.15, -0.1) is 10.2 Å². The summed E-state index contributed by atoms with van der Waals surface area (Å²) < 4.78 is 7.89. The molecule has 5 nitrogen and oxygen atoms in total. The lowest BCUT2D eigenvalue weighted by Crippen LogP contribution is -2.08. The van der Waals surface area contributed by atoms with Crippen molar-refractivity contribution in [1.82, 2.24) is 14.8 Å². The average molecular weight is 416 g/mol. The Morgan fingerprint density at radius 2 is 1.67 bits per heavy atom. The molecule has 0 spiro atoms. The van der Waals surface area contributed by atoms with E-state index in [1.165, 1.54) is 11.8 Å². The van der Waals surface area contributed by atoms with Crippen molar-refractivity contribution < 1.29 is 9.53 Å². The van der Waals surface area contributed by atoms with E-state index < -0.39 is 0 Å². The molecule has 0 atom stereocenters. The number of nitrogens with zero attached hydrogens (tertiary/aromatic N) is 3. The van der Waals surface area contributed by atoms with Gasteiger partial charge in [0.15, 0.2) is 16.8 Å². The molecule has 150 valence electrons. The quantitative estimate of drug-likeness (QED) is 0.295. The smallest absolute Gasteiger partial charge is 0.196 e. The Morgan fingerprint density at radius 1 is 0.933 bits per heavy atom. The zero-order valence-electron chi connectivity index (χ0n) is 16.6. The number of thioether (sulfide) groups is 1. The van der Waals surface area contributed by atoms with Crippen LogP contribution in [0.15, 0.2) is 90.1 Å². The van der Waals surface area contributed by atoms with Crippen molar-refractivity contribution in [2.45, 2.75) is 18.7 Å². The van der Waals surface area contributed by atoms with Crippen LogP contribution in [0.1, 0.15) is 21.7 Å². The summed E-state index contributed by atoms with van der Waals surface area (Å²) in [7, 11) is 0. The lowest BCUT2D eigenvalue weighted by atomic mass is 10.2. The molecule has 6 heteroatoms. The van der Waals surface area contributed by atoms with E-state index in [9.17, 15) is 4.79 Å². The third kappa shape index (κ3) is 4.78. The highest BCUT2D eigenvalue weighted by molar-refractivity contribution is 7.99. The highest BCUT2D eigenvalue weighted by Crippen LogP contribution is 2.24. The fourth-order valence-electron chi connectivity index (χ4n) is 3.01. The molecule has 1 heterocycles. The van der Waals surface area contributed by atoms with Crippen LogP contribution in [0.3, 0.4) is 0 Å². The summed E-state index contributed by atoms with van der Waals surface area (Å²) in [6.45, 7) is 2.30. The SMILES string of the molecule is Cc1cccc(OCc2nnc(SCC(=O)c3ccccc3)n2-c2ccccc2)c1. The summed E-state index contributed by atoms with van der Waals surface area (Å²) in [6, 6.07) is 27.0. The molecule has 0 amide bonds. The monoisotopic (exact) mass is 415 g/mol. The van der Waals surface area contributed by atoms with Gasteiger partial charge in [0.25, 0.3) is 0 Å². The van der Waals surface area contributed by atoms with Crippen molar-refractivity contribution >= 4 is 17.5 Å². The van der Waals surface area contributed by atoms with E-state index in [0.29, 0.717) is 16.5 Å². The Hall–Kier alpha value is -3.38. The number of rotatable bonds is 8. The van der Waals surface area contributed by atoms with Crippen LogP contribution in [0, 0.1) is 6.92 Å². The minimum atomic E-state index is 0.0563. The Kier molecular flexibility index (Phi) is 6.25. The molecule has 3 aromatic carbocycles. The summed E-state index contributed by atoms with van der Waals surface area (Å²) >= 11 is 1.37. The molecule has 0 bridgehead atoms. The van der Waals surface area contributed by atoms with E-state index in [4.69, 9.17) is 4.74 Å². The molecule has 0 saturated heterocycles. The van der Waals surface area contributed by atoms with Gasteiger partial charge in [-0.25, -0.2) is 0 Å². The number of benzene rings is 3. The fourth-order valence-corrected chi connectivity index (χ4v) is 3.88. The molecule has 0 fully saturated rings. The van der Waals surface area contributed by atoms with Crippen molar-refractivity contribution in [3.05, 3.63) is 102 Å². The van der Waals surface area contributed by atoms with E-state index in [1.807, 2.05) is 96.4 Å². The number of carbonyl (C=O) groups is 1. The predicted molar refractivity (Wildman–Crippen MR) is 118 cm³/mol. The first-order chi connectivity index (χ1) is 14.7. The fraction of sp³-hybridized carbons (Fsp3) is 0.125. The van der Waals surface area contributed by atoms with Crippen LogP contribution in [0.25, 0.3) is 5.69 Å². The van der Waals surface area contributed by atoms with Crippen molar-refractivity contribution in [1.29, 1.82) is 0 Å². The number of hydrogen-bond donors (Lipinski definition) is 0. The molecule has 0 aliphatic carbocycles. The van der Waals surface area contributed by atoms with Crippen LogP contribution in [0.4, 0.5) is 0 Å². The van der Waals surface area contributed by atoms with E-state index in [1.54, 1.807) is 0 Å². The van der Waals surface area contributed by atoms with Gasteiger partial charge in [0.05, 0.1) is 5.75 Å². The third-order valence-electron chi connectivity index (χ3n) is 4.50. The van der Waals surface area contributed by atoms with Crippen LogP contribution >= 0.6 is 11.8 Å². The third-order valence-corrected chi connectivity index (χ3v) is 5.43. The zero-order chi connectivity index (χ0) is 20.8. The van der Waals surface area contributed by atoms with Gasteiger partial charge in [-0.1, -0.05) is 72.4 Å². The topological polar surface area (TPSA) is 57.0 Å². The van der Waals surface area contributed by atoms with Crippen LogP contribution in [0.5, 0.6) is 5.75 Å². The van der Waals surface area contributed by atoms with E-state index in [2.05, 4.69) is 10.2 Å². The maximum atomic E-state index is 12.5. The van der Waals surface area contributed by atoms with Crippen LogP contribution in [0.2, 0.25) is 0 Å². The summed E-state index contributed by atoms with van der Waals surface area (Å²) in [4.78, 5) is 12.5. The summed E-state index contributed by atoms with van der Waals surface area (Å²) in [5.74, 6) is 1.80. The highest BCUT2D eigenvalue weighted by Gasteiger charge is 2.17. The Labute approximate surface area is 179 Å². The molecule has 4 aromatic rings. The summed E-state index contributed by atoms with van der Waals surface area (Å²) in [5.41, 5.74) is 2.76. The van der Waals surface area contributed by atoms with E-state index >= 15 is 0 Å². The maximum absolute atomic E-state index is 12.5. The Bertz CT molecular complexity index is 1130. The minimum absolute atomic E-state index is 0.0563. The van der Waals surface area contributed by atoms with Gasteiger partial charge in [-0.3, -0.25) is 9.36 Å². The van der Waals surface area contributed by atoms with E-state index in [-0.39, 0.29) is 18.1 Å². The molecule has 0 aliphatic rings.